The maximum absolute atomic E-state index is 5.86. The van der Waals surface area contributed by atoms with Gasteiger partial charge in [0.05, 0.1) is 6.04 Å². The van der Waals surface area contributed by atoms with Crippen LogP contribution in [0.1, 0.15) is 24.9 Å². The van der Waals surface area contributed by atoms with E-state index in [0.29, 0.717) is 6.61 Å². The molecule has 19 heavy (non-hydrogen) atoms. The number of hydrogen-bond donors (Lipinski definition) is 0. The largest absolute Gasteiger partial charge is 0.358 e. The Morgan fingerprint density at radius 1 is 1.26 bits per heavy atom. The van der Waals surface area contributed by atoms with Gasteiger partial charge in [-0.25, -0.2) is 0 Å². The van der Waals surface area contributed by atoms with E-state index in [-0.39, 0.29) is 12.3 Å². The fourth-order valence-corrected chi connectivity index (χ4v) is 2.54. The van der Waals surface area contributed by atoms with Crippen LogP contribution in [0.2, 0.25) is 0 Å². The van der Waals surface area contributed by atoms with Crippen LogP contribution in [0.15, 0.2) is 59.8 Å². The first kappa shape index (κ1) is 12.2. The molecular formula is C16H18N2O. The topological polar surface area (TPSA) is 24.8 Å². The van der Waals surface area contributed by atoms with Gasteiger partial charge < -0.3 is 9.64 Å². The fraction of sp³-hybridized carbons (Fsp3) is 0.312. The van der Waals surface area contributed by atoms with Crippen molar-refractivity contribution in [2.45, 2.75) is 25.6 Å². The van der Waals surface area contributed by atoms with Crippen LogP contribution in [-0.4, -0.2) is 23.6 Å². The van der Waals surface area contributed by atoms with Crippen LogP contribution in [0.4, 0.5) is 0 Å². The van der Waals surface area contributed by atoms with Crippen molar-refractivity contribution >= 4 is 5.84 Å². The number of amidine groups is 1. The Hall–Kier alpha value is -1.87. The number of fused-ring (bicyclic) bond motifs is 1. The molecule has 3 rings (SSSR count). The van der Waals surface area contributed by atoms with E-state index < -0.39 is 0 Å². The summed E-state index contributed by atoms with van der Waals surface area (Å²) in [5.41, 5.74) is 1.25. The third kappa shape index (κ3) is 2.47. The lowest BCUT2D eigenvalue weighted by molar-refractivity contribution is -0.0165. The molecule has 2 heterocycles. The van der Waals surface area contributed by atoms with Crippen molar-refractivity contribution in [3.8, 4) is 0 Å². The summed E-state index contributed by atoms with van der Waals surface area (Å²) < 4.78 is 5.86. The van der Waals surface area contributed by atoms with E-state index in [1.54, 1.807) is 0 Å². The molecule has 0 aliphatic carbocycles. The third-order valence-electron chi connectivity index (χ3n) is 3.43. The predicted octanol–water partition coefficient (Wildman–Crippen LogP) is 3.28. The standard InChI is InChI=1S/C16H18N2O/c1-2-19-16-12-14(13-8-4-3-5-9-13)17-15-10-6-7-11-18(15)16/h3-11,14,16H,2,12H2,1H3. The molecular weight excluding hydrogens is 236 g/mol. The van der Waals surface area contributed by atoms with E-state index in [2.05, 4.69) is 29.2 Å². The Balaban J connectivity index is 1.91. The van der Waals surface area contributed by atoms with Gasteiger partial charge in [-0.1, -0.05) is 36.4 Å². The highest BCUT2D eigenvalue weighted by Gasteiger charge is 2.30. The second-order valence-corrected chi connectivity index (χ2v) is 4.67. The van der Waals surface area contributed by atoms with Crippen molar-refractivity contribution in [1.29, 1.82) is 0 Å². The van der Waals surface area contributed by atoms with Gasteiger partial charge >= 0.3 is 0 Å². The molecule has 2 aliphatic rings. The third-order valence-corrected chi connectivity index (χ3v) is 3.43. The van der Waals surface area contributed by atoms with Gasteiger partial charge in [0.25, 0.3) is 0 Å². The monoisotopic (exact) mass is 254 g/mol. The Bertz CT molecular complexity index is 519. The van der Waals surface area contributed by atoms with Gasteiger partial charge in [-0.05, 0) is 24.6 Å². The first-order valence-corrected chi connectivity index (χ1v) is 6.76. The molecule has 0 saturated heterocycles. The number of hydrogen-bond acceptors (Lipinski definition) is 3. The quantitative estimate of drug-likeness (QED) is 0.827. The highest BCUT2D eigenvalue weighted by Crippen LogP contribution is 2.31. The molecule has 2 aliphatic heterocycles. The van der Waals surface area contributed by atoms with Crippen molar-refractivity contribution in [3.05, 3.63) is 60.3 Å². The molecule has 0 radical (unpaired) electrons. The summed E-state index contributed by atoms with van der Waals surface area (Å²) in [4.78, 5) is 6.95. The molecule has 0 bridgehead atoms. The molecule has 3 nitrogen and oxygen atoms in total. The first-order valence-electron chi connectivity index (χ1n) is 6.76. The molecule has 2 atom stereocenters. The molecule has 1 aromatic carbocycles. The summed E-state index contributed by atoms with van der Waals surface area (Å²) in [6.45, 7) is 2.75. The second-order valence-electron chi connectivity index (χ2n) is 4.67. The number of nitrogens with zero attached hydrogens (tertiary/aromatic N) is 2. The first-order chi connectivity index (χ1) is 9.38. The molecule has 2 unspecified atom stereocenters. The van der Waals surface area contributed by atoms with Gasteiger partial charge in [-0.2, -0.15) is 0 Å². The van der Waals surface area contributed by atoms with Gasteiger partial charge in [0.2, 0.25) is 0 Å². The summed E-state index contributed by atoms with van der Waals surface area (Å²) in [5, 5.41) is 0. The predicted molar refractivity (Wildman–Crippen MR) is 76.8 cm³/mol. The van der Waals surface area contributed by atoms with Crippen molar-refractivity contribution in [1.82, 2.24) is 4.90 Å². The average molecular weight is 254 g/mol. The minimum atomic E-state index is 0.0731. The molecule has 3 heteroatoms. The molecule has 0 fully saturated rings. The van der Waals surface area contributed by atoms with E-state index >= 15 is 0 Å². The van der Waals surface area contributed by atoms with Gasteiger partial charge in [0, 0.05) is 19.2 Å². The van der Waals surface area contributed by atoms with Crippen LogP contribution >= 0.6 is 0 Å². The van der Waals surface area contributed by atoms with Crippen molar-refractivity contribution in [2.75, 3.05) is 6.61 Å². The van der Waals surface area contributed by atoms with Crippen molar-refractivity contribution in [2.24, 2.45) is 4.99 Å². The zero-order valence-electron chi connectivity index (χ0n) is 11.1. The molecule has 0 N–H and O–H groups in total. The lowest BCUT2D eigenvalue weighted by Gasteiger charge is -2.37. The maximum atomic E-state index is 5.86. The van der Waals surface area contributed by atoms with Crippen LogP contribution < -0.4 is 0 Å². The van der Waals surface area contributed by atoms with Crippen LogP contribution in [0.5, 0.6) is 0 Å². The average Bonchev–Trinajstić information content (AvgIpc) is 2.48. The number of ether oxygens (including phenoxy) is 1. The van der Waals surface area contributed by atoms with Crippen LogP contribution in [-0.2, 0) is 4.74 Å². The van der Waals surface area contributed by atoms with E-state index in [0.717, 1.165) is 12.3 Å². The number of benzene rings is 1. The second kappa shape index (κ2) is 5.41. The van der Waals surface area contributed by atoms with Gasteiger partial charge in [-0.15, -0.1) is 0 Å². The van der Waals surface area contributed by atoms with Gasteiger partial charge in [0.15, 0.2) is 0 Å². The summed E-state index contributed by atoms with van der Waals surface area (Å²) >= 11 is 0. The summed E-state index contributed by atoms with van der Waals surface area (Å²) in [6, 6.07) is 10.6. The summed E-state index contributed by atoms with van der Waals surface area (Å²) in [5.74, 6) is 0.987. The zero-order chi connectivity index (χ0) is 13.1. The number of rotatable bonds is 3. The molecule has 98 valence electrons. The normalized spacial score (nSPS) is 25.1. The van der Waals surface area contributed by atoms with E-state index in [1.807, 2.05) is 37.4 Å². The van der Waals surface area contributed by atoms with Gasteiger partial charge in [-0.3, -0.25) is 4.99 Å². The minimum absolute atomic E-state index is 0.0731. The number of allylic oxidation sites excluding steroid dienone is 2. The molecule has 1 aromatic rings. The Morgan fingerprint density at radius 3 is 2.89 bits per heavy atom. The minimum Gasteiger partial charge on any atom is -0.358 e. The number of aliphatic imine (C=N–C) groups is 1. The van der Waals surface area contributed by atoms with Gasteiger partial charge in [0.1, 0.15) is 12.1 Å². The Kier molecular flexibility index (Phi) is 3.47. The Labute approximate surface area is 113 Å². The maximum Gasteiger partial charge on any atom is 0.137 e. The Morgan fingerprint density at radius 2 is 2.11 bits per heavy atom. The van der Waals surface area contributed by atoms with Crippen LogP contribution in [0.25, 0.3) is 0 Å². The van der Waals surface area contributed by atoms with Crippen LogP contribution in [0.3, 0.4) is 0 Å². The zero-order valence-corrected chi connectivity index (χ0v) is 11.1. The lowest BCUT2D eigenvalue weighted by Crippen LogP contribution is -2.42. The van der Waals surface area contributed by atoms with Crippen LogP contribution in [0, 0.1) is 0 Å². The summed E-state index contributed by atoms with van der Waals surface area (Å²) in [7, 11) is 0. The fourth-order valence-electron chi connectivity index (χ4n) is 2.54. The van der Waals surface area contributed by atoms with Crippen molar-refractivity contribution < 1.29 is 4.74 Å². The van der Waals surface area contributed by atoms with E-state index in [1.165, 1.54) is 5.56 Å². The highest BCUT2D eigenvalue weighted by molar-refractivity contribution is 5.95. The SMILES string of the molecule is CCOC1CC(c2ccccc2)N=C2C=CC=CN21. The molecule has 0 spiro atoms. The lowest BCUT2D eigenvalue weighted by atomic mass is 10.0. The van der Waals surface area contributed by atoms with E-state index in [9.17, 15) is 0 Å². The highest BCUT2D eigenvalue weighted by atomic mass is 16.5. The molecule has 0 amide bonds. The molecule has 0 aromatic heterocycles. The molecule has 0 saturated carbocycles. The van der Waals surface area contributed by atoms with Crippen molar-refractivity contribution in [3.63, 3.8) is 0 Å². The smallest absolute Gasteiger partial charge is 0.137 e. The summed E-state index contributed by atoms with van der Waals surface area (Å²) in [6.07, 6.45) is 9.09. The van der Waals surface area contributed by atoms with E-state index in [4.69, 9.17) is 9.73 Å².